The zero-order chi connectivity index (χ0) is 13.9. The van der Waals surface area contributed by atoms with Crippen molar-refractivity contribution in [1.29, 1.82) is 0 Å². The van der Waals surface area contributed by atoms with Gasteiger partial charge in [-0.3, -0.25) is 0 Å². The van der Waals surface area contributed by atoms with Gasteiger partial charge >= 0.3 is 6.18 Å². The molecule has 1 aromatic heterocycles. The van der Waals surface area contributed by atoms with Crippen LogP contribution in [-0.2, 0) is 6.18 Å². The summed E-state index contributed by atoms with van der Waals surface area (Å²) < 4.78 is 39.1. The third-order valence-electron chi connectivity index (χ3n) is 2.15. The van der Waals surface area contributed by atoms with Crippen molar-refractivity contribution in [3.05, 3.63) is 29.8 Å². The van der Waals surface area contributed by atoms with E-state index in [0.29, 0.717) is 5.13 Å². The van der Waals surface area contributed by atoms with Gasteiger partial charge in [0, 0.05) is 0 Å². The molecule has 0 saturated carbocycles. The number of hydrogen-bond donors (Lipinski definition) is 1. The minimum atomic E-state index is -4.39. The lowest BCUT2D eigenvalue weighted by Crippen LogP contribution is -2.08. The Balaban J connectivity index is 2.23. The molecule has 0 amide bonds. The smallest absolute Gasteiger partial charge is 0.330 e. The number of hydrogen-bond acceptors (Lipinski definition) is 5. The number of aromatic nitrogens is 2. The second-order valence-electron chi connectivity index (χ2n) is 3.47. The van der Waals surface area contributed by atoms with Crippen LogP contribution in [0.3, 0.4) is 0 Å². The second kappa shape index (κ2) is 5.79. The summed E-state index contributed by atoms with van der Waals surface area (Å²) in [6.45, 7) is 1.97. The number of thioether (sulfide) groups is 1. The van der Waals surface area contributed by atoms with E-state index in [4.69, 9.17) is 0 Å². The largest absolute Gasteiger partial charge is 0.418 e. The molecule has 0 aliphatic carbocycles. The normalized spacial score (nSPS) is 11.6. The Bertz CT molecular complexity index is 554. The number of rotatable bonds is 4. The van der Waals surface area contributed by atoms with E-state index in [2.05, 4.69) is 15.5 Å². The molecule has 0 saturated heterocycles. The highest BCUT2D eigenvalue weighted by atomic mass is 32.2. The first-order chi connectivity index (χ1) is 9.00. The van der Waals surface area contributed by atoms with Gasteiger partial charge in [0.1, 0.15) is 0 Å². The fourth-order valence-electron chi connectivity index (χ4n) is 1.40. The van der Waals surface area contributed by atoms with Crippen LogP contribution >= 0.6 is 23.1 Å². The van der Waals surface area contributed by atoms with Gasteiger partial charge in [-0.1, -0.05) is 42.2 Å². The van der Waals surface area contributed by atoms with Gasteiger partial charge in [0.15, 0.2) is 4.34 Å². The van der Waals surface area contributed by atoms with Crippen molar-refractivity contribution < 1.29 is 13.2 Å². The molecule has 0 fully saturated rings. The summed E-state index contributed by atoms with van der Waals surface area (Å²) in [5.41, 5.74) is -0.728. The molecule has 0 aliphatic heterocycles. The molecule has 1 aromatic carbocycles. The molecule has 3 nitrogen and oxygen atoms in total. The number of para-hydroxylation sites is 1. The predicted octanol–water partition coefficient (Wildman–Crippen LogP) is 4.41. The quantitative estimate of drug-likeness (QED) is 0.849. The summed E-state index contributed by atoms with van der Waals surface area (Å²) in [5.74, 6) is 0.841. The lowest BCUT2D eigenvalue weighted by molar-refractivity contribution is -0.136. The summed E-state index contributed by atoms with van der Waals surface area (Å²) in [5, 5.41) is 10.7. The van der Waals surface area contributed by atoms with E-state index in [-0.39, 0.29) is 5.69 Å². The van der Waals surface area contributed by atoms with Gasteiger partial charge in [-0.2, -0.15) is 13.2 Å². The molecule has 1 N–H and O–H groups in total. The van der Waals surface area contributed by atoms with Gasteiger partial charge in [0.25, 0.3) is 0 Å². The van der Waals surface area contributed by atoms with Gasteiger partial charge in [0.2, 0.25) is 5.13 Å². The topological polar surface area (TPSA) is 37.8 Å². The van der Waals surface area contributed by atoms with Crippen molar-refractivity contribution in [2.75, 3.05) is 11.1 Å². The summed E-state index contributed by atoms with van der Waals surface area (Å²) >= 11 is 2.73. The molecule has 8 heteroatoms. The zero-order valence-electron chi connectivity index (χ0n) is 9.86. The van der Waals surface area contributed by atoms with Crippen molar-refractivity contribution in [3.63, 3.8) is 0 Å². The second-order valence-corrected chi connectivity index (χ2v) is 5.96. The third kappa shape index (κ3) is 3.60. The summed E-state index contributed by atoms with van der Waals surface area (Å²) in [6, 6.07) is 5.30. The van der Waals surface area contributed by atoms with Crippen LogP contribution in [0, 0.1) is 0 Å². The highest BCUT2D eigenvalue weighted by Crippen LogP contribution is 2.36. The number of alkyl halides is 3. The van der Waals surface area contributed by atoms with E-state index >= 15 is 0 Å². The molecule has 19 heavy (non-hydrogen) atoms. The first kappa shape index (κ1) is 14.1. The van der Waals surface area contributed by atoms with Crippen molar-refractivity contribution in [2.24, 2.45) is 0 Å². The molecular weight excluding hydrogens is 295 g/mol. The predicted molar refractivity (Wildman–Crippen MR) is 71.0 cm³/mol. The minimum Gasteiger partial charge on any atom is -0.330 e. The number of nitrogens with zero attached hydrogens (tertiary/aromatic N) is 2. The van der Waals surface area contributed by atoms with Crippen LogP contribution in [0.15, 0.2) is 28.6 Å². The van der Waals surface area contributed by atoms with Gasteiger partial charge in [-0.25, -0.2) is 0 Å². The Labute approximate surface area is 116 Å². The lowest BCUT2D eigenvalue weighted by Gasteiger charge is -2.12. The van der Waals surface area contributed by atoms with E-state index in [1.54, 1.807) is 6.07 Å². The Morgan fingerprint density at radius 1 is 1.26 bits per heavy atom. The van der Waals surface area contributed by atoms with Crippen LogP contribution in [0.5, 0.6) is 0 Å². The van der Waals surface area contributed by atoms with Crippen LogP contribution in [0.2, 0.25) is 0 Å². The van der Waals surface area contributed by atoms with Gasteiger partial charge in [0.05, 0.1) is 11.3 Å². The summed E-state index contributed by atoms with van der Waals surface area (Å²) in [4.78, 5) is 0. The molecule has 0 unspecified atom stereocenters. The van der Waals surface area contributed by atoms with Crippen LogP contribution < -0.4 is 5.32 Å². The molecule has 0 bridgehead atoms. The molecule has 102 valence electrons. The third-order valence-corrected chi connectivity index (χ3v) is 4.00. The minimum absolute atomic E-state index is 0.0146. The van der Waals surface area contributed by atoms with E-state index in [9.17, 15) is 13.2 Å². The Morgan fingerprint density at radius 2 is 2.00 bits per heavy atom. The molecule has 2 aromatic rings. The zero-order valence-corrected chi connectivity index (χ0v) is 11.5. The fraction of sp³-hybridized carbons (Fsp3) is 0.273. The molecule has 0 atom stereocenters. The van der Waals surface area contributed by atoms with Crippen molar-refractivity contribution >= 4 is 33.9 Å². The van der Waals surface area contributed by atoms with Crippen LogP contribution in [0.4, 0.5) is 24.0 Å². The highest BCUT2D eigenvalue weighted by molar-refractivity contribution is 8.01. The van der Waals surface area contributed by atoms with Gasteiger partial charge in [-0.05, 0) is 17.9 Å². The van der Waals surface area contributed by atoms with Crippen molar-refractivity contribution in [2.45, 2.75) is 17.4 Å². The first-order valence-electron chi connectivity index (χ1n) is 5.40. The SMILES string of the molecule is CCSc1nnc(Nc2ccccc2C(F)(F)F)s1. The molecular formula is C11H10F3N3S2. The standard InChI is InChI=1S/C11H10F3N3S2/c1-2-18-10-17-16-9(19-10)15-8-6-4-3-5-7(8)11(12,13)14/h3-6H,2H2,1H3,(H,15,16). The molecule has 0 aliphatic rings. The average Bonchev–Trinajstić information content (AvgIpc) is 2.76. The maximum Gasteiger partial charge on any atom is 0.418 e. The van der Waals surface area contributed by atoms with E-state index in [1.807, 2.05) is 6.92 Å². The molecule has 0 radical (unpaired) electrons. The number of halogens is 3. The highest BCUT2D eigenvalue weighted by Gasteiger charge is 2.33. The van der Waals surface area contributed by atoms with Crippen molar-refractivity contribution in [1.82, 2.24) is 10.2 Å². The number of benzene rings is 1. The Morgan fingerprint density at radius 3 is 2.68 bits per heavy atom. The summed E-state index contributed by atoms with van der Waals surface area (Å²) in [7, 11) is 0. The molecule has 0 spiro atoms. The van der Waals surface area contributed by atoms with E-state index in [1.165, 1.54) is 35.2 Å². The van der Waals surface area contributed by atoms with Crippen molar-refractivity contribution in [3.8, 4) is 0 Å². The lowest BCUT2D eigenvalue weighted by atomic mass is 10.2. The fourth-order valence-corrected chi connectivity index (χ4v) is 3.06. The molecule has 2 rings (SSSR count). The van der Waals surface area contributed by atoms with Crippen LogP contribution in [0.25, 0.3) is 0 Å². The van der Waals surface area contributed by atoms with Gasteiger partial charge < -0.3 is 5.32 Å². The van der Waals surface area contributed by atoms with E-state index in [0.717, 1.165) is 16.2 Å². The Hall–Kier alpha value is -1.28. The van der Waals surface area contributed by atoms with Crippen LogP contribution in [0.1, 0.15) is 12.5 Å². The monoisotopic (exact) mass is 305 g/mol. The van der Waals surface area contributed by atoms with Gasteiger partial charge in [-0.15, -0.1) is 10.2 Å². The average molecular weight is 305 g/mol. The maximum absolute atomic E-state index is 12.8. The maximum atomic E-state index is 12.8. The number of nitrogens with one attached hydrogen (secondary N) is 1. The van der Waals surface area contributed by atoms with E-state index < -0.39 is 11.7 Å². The Kier molecular flexibility index (Phi) is 4.31. The van der Waals surface area contributed by atoms with Crippen LogP contribution in [-0.4, -0.2) is 16.0 Å². The first-order valence-corrected chi connectivity index (χ1v) is 7.20. The number of anilines is 2. The molecule has 1 heterocycles. The summed E-state index contributed by atoms with van der Waals surface area (Å²) in [6.07, 6.45) is -4.39.